The Labute approximate surface area is 169 Å². The molecular formula is C24H23N3O2. The Morgan fingerprint density at radius 1 is 1.14 bits per heavy atom. The van der Waals surface area contributed by atoms with Gasteiger partial charge in [0.1, 0.15) is 5.52 Å². The Kier molecular flexibility index (Phi) is 4.14. The highest BCUT2D eigenvalue weighted by molar-refractivity contribution is 6.00. The third-order valence-electron chi connectivity index (χ3n) is 5.76. The van der Waals surface area contributed by atoms with Gasteiger partial charge in [-0.15, -0.1) is 0 Å². The van der Waals surface area contributed by atoms with E-state index in [-0.39, 0.29) is 11.4 Å². The van der Waals surface area contributed by atoms with E-state index in [1.165, 1.54) is 16.3 Å². The zero-order valence-electron chi connectivity index (χ0n) is 16.6. The number of carbonyl (C=O) groups is 1. The molecule has 5 heteroatoms. The molecular weight excluding hydrogens is 362 g/mol. The van der Waals surface area contributed by atoms with E-state index in [2.05, 4.69) is 52.0 Å². The summed E-state index contributed by atoms with van der Waals surface area (Å²) in [5.41, 5.74) is 3.85. The van der Waals surface area contributed by atoms with Gasteiger partial charge in [-0.3, -0.25) is 4.79 Å². The smallest absolute Gasteiger partial charge is 0.252 e. The van der Waals surface area contributed by atoms with Crippen LogP contribution in [-0.4, -0.2) is 17.9 Å². The van der Waals surface area contributed by atoms with Crippen molar-refractivity contribution in [3.63, 3.8) is 0 Å². The van der Waals surface area contributed by atoms with E-state index >= 15 is 0 Å². The number of hydrogen-bond donors (Lipinski definition) is 2. The van der Waals surface area contributed by atoms with Gasteiger partial charge in [-0.25, -0.2) is 4.98 Å². The summed E-state index contributed by atoms with van der Waals surface area (Å²) in [5, 5.41) is 8.75. The van der Waals surface area contributed by atoms with Crippen molar-refractivity contribution in [2.75, 3.05) is 7.05 Å². The largest absolute Gasteiger partial charge is 0.439 e. The summed E-state index contributed by atoms with van der Waals surface area (Å²) < 4.78 is 5.79. The molecule has 4 aromatic rings. The summed E-state index contributed by atoms with van der Waals surface area (Å²) in [7, 11) is 1.85. The lowest BCUT2D eigenvalue weighted by atomic mass is 9.96. The fraction of sp³-hybridized carbons (Fsp3) is 0.250. The van der Waals surface area contributed by atoms with E-state index in [0.717, 1.165) is 23.9 Å². The van der Waals surface area contributed by atoms with Crippen LogP contribution in [0.4, 0.5) is 0 Å². The quantitative estimate of drug-likeness (QED) is 0.533. The maximum Gasteiger partial charge on any atom is 0.252 e. The first-order valence-electron chi connectivity index (χ1n) is 9.95. The van der Waals surface area contributed by atoms with Crippen LogP contribution in [0.1, 0.15) is 40.2 Å². The molecule has 0 unspecified atom stereocenters. The number of aromatic nitrogens is 1. The van der Waals surface area contributed by atoms with Gasteiger partial charge in [0.25, 0.3) is 5.91 Å². The average Bonchev–Trinajstić information content (AvgIpc) is 3.39. The number of oxazole rings is 1. The van der Waals surface area contributed by atoms with Gasteiger partial charge in [0.2, 0.25) is 5.89 Å². The Morgan fingerprint density at radius 3 is 2.72 bits per heavy atom. The van der Waals surface area contributed by atoms with Crippen molar-refractivity contribution in [2.24, 2.45) is 0 Å². The van der Waals surface area contributed by atoms with E-state index in [1.54, 1.807) is 0 Å². The maximum atomic E-state index is 13.2. The number of nitrogens with zero attached hydrogens (tertiary/aromatic N) is 1. The highest BCUT2D eigenvalue weighted by atomic mass is 16.3. The lowest BCUT2D eigenvalue weighted by Crippen LogP contribution is -2.35. The molecule has 3 aromatic carbocycles. The molecule has 1 saturated carbocycles. The van der Waals surface area contributed by atoms with Crippen molar-refractivity contribution in [1.82, 2.24) is 15.6 Å². The first-order valence-corrected chi connectivity index (χ1v) is 9.95. The third kappa shape index (κ3) is 3.08. The highest BCUT2D eigenvalue weighted by Gasteiger charge is 2.46. The lowest BCUT2D eigenvalue weighted by Gasteiger charge is -2.20. The summed E-state index contributed by atoms with van der Waals surface area (Å²) in [4.78, 5) is 17.7. The van der Waals surface area contributed by atoms with Crippen LogP contribution in [0.2, 0.25) is 0 Å². The second-order valence-corrected chi connectivity index (χ2v) is 7.84. The van der Waals surface area contributed by atoms with E-state index in [9.17, 15) is 4.79 Å². The minimum atomic E-state index is -0.294. The number of hydrogen-bond acceptors (Lipinski definition) is 4. The van der Waals surface area contributed by atoms with Gasteiger partial charge >= 0.3 is 0 Å². The van der Waals surface area contributed by atoms with Gasteiger partial charge < -0.3 is 15.1 Å². The number of carbonyl (C=O) groups excluding carboxylic acids is 1. The molecule has 0 aliphatic heterocycles. The predicted molar refractivity (Wildman–Crippen MR) is 114 cm³/mol. The van der Waals surface area contributed by atoms with Gasteiger partial charge in [0, 0.05) is 5.56 Å². The molecule has 146 valence electrons. The third-order valence-corrected chi connectivity index (χ3v) is 5.76. The summed E-state index contributed by atoms with van der Waals surface area (Å²) in [6.07, 6.45) is 1.89. The first kappa shape index (κ1) is 17.9. The van der Waals surface area contributed by atoms with Gasteiger partial charge in [-0.05, 0) is 60.8 Å². The lowest BCUT2D eigenvalue weighted by molar-refractivity contribution is 0.0930. The molecule has 1 aromatic heterocycles. The molecule has 0 atom stereocenters. The SMILES string of the molecule is CNCc1nc2cc(C)c(C(=O)NC3(c4cccc5ccccc45)CC3)cc2o1. The Morgan fingerprint density at radius 2 is 1.93 bits per heavy atom. The summed E-state index contributed by atoms with van der Waals surface area (Å²) in [6, 6.07) is 18.4. The van der Waals surface area contributed by atoms with E-state index < -0.39 is 0 Å². The van der Waals surface area contributed by atoms with Crippen LogP contribution in [0.15, 0.2) is 59.0 Å². The van der Waals surface area contributed by atoms with E-state index in [4.69, 9.17) is 4.42 Å². The monoisotopic (exact) mass is 385 g/mol. The minimum absolute atomic E-state index is 0.0681. The van der Waals surface area contributed by atoms with E-state index in [1.807, 2.05) is 32.2 Å². The zero-order chi connectivity index (χ0) is 20.0. The number of nitrogens with one attached hydrogen (secondary N) is 2. The number of amides is 1. The molecule has 1 aliphatic carbocycles. The normalized spacial score (nSPS) is 15.0. The van der Waals surface area contributed by atoms with Gasteiger partial charge in [-0.2, -0.15) is 0 Å². The molecule has 5 nitrogen and oxygen atoms in total. The number of fused-ring (bicyclic) bond motifs is 2. The standard InChI is InChI=1S/C24H23N3O2/c1-15-12-20-21(29-22(26-20)14-25-2)13-18(15)23(28)27-24(10-11-24)19-9-5-7-16-6-3-4-8-17(16)19/h3-9,12-13,25H,10-11,14H2,1-2H3,(H,27,28). The van der Waals surface area contributed by atoms with Crippen molar-refractivity contribution in [2.45, 2.75) is 31.8 Å². The zero-order valence-corrected chi connectivity index (χ0v) is 16.6. The molecule has 2 N–H and O–H groups in total. The van der Waals surface area contributed by atoms with Crippen LogP contribution in [0, 0.1) is 6.92 Å². The van der Waals surface area contributed by atoms with Gasteiger partial charge in [0.15, 0.2) is 5.58 Å². The summed E-state index contributed by atoms with van der Waals surface area (Å²) in [6.45, 7) is 2.50. The molecule has 5 rings (SSSR count). The van der Waals surface area contributed by atoms with Crippen LogP contribution < -0.4 is 10.6 Å². The number of aryl methyl sites for hydroxylation is 1. The first-order chi connectivity index (χ1) is 14.1. The number of rotatable bonds is 5. The Balaban J connectivity index is 1.49. The molecule has 0 spiro atoms. The fourth-order valence-electron chi connectivity index (χ4n) is 4.11. The Bertz CT molecular complexity index is 1230. The second kappa shape index (κ2) is 6.71. The molecule has 1 fully saturated rings. The summed E-state index contributed by atoms with van der Waals surface area (Å²) >= 11 is 0. The predicted octanol–water partition coefficient (Wildman–Crippen LogP) is 4.43. The van der Waals surface area contributed by atoms with Crippen molar-refractivity contribution >= 4 is 27.8 Å². The van der Waals surface area contributed by atoms with Crippen molar-refractivity contribution in [1.29, 1.82) is 0 Å². The van der Waals surface area contributed by atoms with E-state index in [0.29, 0.717) is 23.6 Å². The van der Waals surface area contributed by atoms with Gasteiger partial charge in [0.05, 0.1) is 12.1 Å². The second-order valence-electron chi connectivity index (χ2n) is 7.84. The van der Waals surface area contributed by atoms with Crippen LogP contribution in [0.25, 0.3) is 21.9 Å². The van der Waals surface area contributed by atoms with Crippen LogP contribution in [-0.2, 0) is 12.1 Å². The van der Waals surface area contributed by atoms with Crippen molar-refractivity contribution in [3.05, 3.63) is 77.2 Å². The van der Waals surface area contributed by atoms with Crippen molar-refractivity contribution in [3.8, 4) is 0 Å². The highest BCUT2D eigenvalue weighted by Crippen LogP contribution is 2.48. The van der Waals surface area contributed by atoms with Gasteiger partial charge in [-0.1, -0.05) is 42.5 Å². The topological polar surface area (TPSA) is 67.2 Å². The maximum absolute atomic E-state index is 13.2. The number of benzene rings is 3. The molecule has 1 heterocycles. The van der Waals surface area contributed by atoms with Crippen LogP contribution >= 0.6 is 0 Å². The molecule has 1 amide bonds. The fourth-order valence-corrected chi connectivity index (χ4v) is 4.11. The van der Waals surface area contributed by atoms with Crippen LogP contribution in [0.3, 0.4) is 0 Å². The Hall–Kier alpha value is -3.18. The van der Waals surface area contributed by atoms with Crippen molar-refractivity contribution < 1.29 is 9.21 Å². The minimum Gasteiger partial charge on any atom is -0.439 e. The molecule has 1 aliphatic rings. The molecule has 29 heavy (non-hydrogen) atoms. The summed E-state index contributed by atoms with van der Waals surface area (Å²) in [5.74, 6) is 0.551. The molecule has 0 bridgehead atoms. The van der Waals surface area contributed by atoms with Crippen LogP contribution in [0.5, 0.6) is 0 Å². The molecule has 0 radical (unpaired) electrons. The molecule has 0 saturated heterocycles. The average molecular weight is 385 g/mol.